The van der Waals surface area contributed by atoms with E-state index in [0.717, 1.165) is 25.7 Å². The van der Waals surface area contributed by atoms with E-state index in [0.29, 0.717) is 18.6 Å². The van der Waals surface area contributed by atoms with Gasteiger partial charge in [-0.25, -0.2) is 9.18 Å². The average molecular weight is 407 g/mol. The number of carbonyl (C=O) groups is 1. The molecule has 2 saturated carbocycles. The number of aromatic carboxylic acids is 1. The van der Waals surface area contributed by atoms with Gasteiger partial charge in [-0.3, -0.25) is 4.79 Å². The maximum absolute atomic E-state index is 15.3. The lowest BCUT2D eigenvalue weighted by atomic mass is 10.0. The van der Waals surface area contributed by atoms with Crippen molar-refractivity contribution in [2.24, 2.45) is 11.1 Å². The third kappa shape index (κ3) is 2.31. The van der Waals surface area contributed by atoms with E-state index in [1.807, 2.05) is 4.90 Å². The minimum Gasteiger partial charge on any atom is -0.477 e. The second-order valence-electron chi connectivity index (χ2n) is 8.28. The Morgan fingerprint density at radius 2 is 2.04 bits per heavy atom. The molecule has 0 amide bonds. The molecule has 2 aromatic rings. The van der Waals surface area contributed by atoms with E-state index in [2.05, 4.69) is 0 Å². The van der Waals surface area contributed by atoms with E-state index in [-0.39, 0.29) is 39.3 Å². The molecule has 1 saturated heterocycles. The van der Waals surface area contributed by atoms with Gasteiger partial charge in [0.15, 0.2) is 5.82 Å². The summed E-state index contributed by atoms with van der Waals surface area (Å²) in [5, 5.41) is 9.33. The van der Waals surface area contributed by atoms with Gasteiger partial charge in [-0.05, 0) is 25.7 Å². The van der Waals surface area contributed by atoms with E-state index in [9.17, 15) is 14.7 Å². The maximum Gasteiger partial charge on any atom is 0.341 e. The molecule has 1 aliphatic heterocycles. The second kappa shape index (κ2) is 5.61. The number of rotatable bonds is 3. The van der Waals surface area contributed by atoms with Gasteiger partial charge in [0.25, 0.3) is 0 Å². The van der Waals surface area contributed by atoms with E-state index in [4.69, 9.17) is 23.1 Å². The quantitative estimate of drug-likeness (QED) is 0.674. The SMILES string of the molecule is Nc1c(F)c(N2CC(N)C3(CC3)C2)c(Cl)c2c1c(=O)c(C(=O)O)cn2C1CC1. The second-order valence-corrected chi connectivity index (χ2v) is 8.66. The first kappa shape index (κ1) is 17.8. The molecule has 148 valence electrons. The molecule has 1 aromatic carbocycles. The van der Waals surface area contributed by atoms with Crippen LogP contribution in [0.4, 0.5) is 15.8 Å². The number of hydrogen-bond donors (Lipinski definition) is 3. The summed E-state index contributed by atoms with van der Waals surface area (Å²) in [5.74, 6) is -2.16. The number of aromatic nitrogens is 1. The van der Waals surface area contributed by atoms with E-state index in [1.54, 1.807) is 4.57 Å². The predicted molar refractivity (Wildman–Crippen MR) is 105 cm³/mol. The number of carboxylic acid groups (broad SMARTS) is 1. The van der Waals surface area contributed by atoms with Gasteiger partial charge in [-0.15, -0.1) is 0 Å². The molecule has 1 aromatic heterocycles. The summed E-state index contributed by atoms with van der Waals surface area (Å²) in [6, 6.07) is -0.0491. The first-order valence-corrected chi connectivity index (χ1v) is 9.72. The van der Waals surface area contributed by atoms with Crippen LogP contribution in [0.25, 0.3) is 10.9 Å². The van der Waals surface area contributed by atoms with Crippen molar-refractivity contribution < 1.29 is 14.3 Å². The van der Waals surface area contributed by atoms with Crippen molar-refractivity contribution in [3.63, 3.8) is 0 Å². The highest BCUT2D eigenvalue weighted by molar-refractivity contribution is 6.38. The number of hydrogen-bond acceptors (Lipinski definition) is 5. The van der Waals surface area contributed by atoms with Crippen molar-refractivity contribution in [2.45, 2.75) is 37.8 Å². The van der Waals surface area contributed by atoms with Crippen LogP contribution in [0.3, 0.4) is 0 Å². The Labute approximate surface area is 164 Å². The normalized spacial score (nSPS) is 23.0. The number of nitrogens with two attached hydrogens (primary N) is 2. The van der Waals surface area contributed by atoms with Gasteiger partial charge in [0.2, 0.25) is 5.43 Å². The molecular formula is C19H20ClFN4O3. The number of carboxylic acids is 1. The zero-order valence-corrected chi connectivity index (χ0v) is 15.8. The van der Waals surface area contributed by atoms with Crippen LogP contribution >= 0.6 is 11.6 Å². The molecule has 3 fully saturated rings. The van der Waals surface area contributed by atoms with Gasteiger partial charge in [0, 0.05) is 36.8 Å². The Bertz CT molecular complexity index is 1110. The molecule has 1 atom stereocenters. The number of anilines is 2. The first-order valence-electron chi connectivity index (χ1n) is 9.34. The molecule has 7 nitrogen and oxygen atoms in total. The fourth-order valence-corrected chi connectivity index (χ4v) is 4.87. The molecule has 2 aliphatic carbocycles. The van der Waals surface area contributed by atoms with E-state index >= 15 is 4.39 Å². The van der Waals surface area contributed by atoms with Crippen molar-refractivity contribution in [1.82, 2.24) is 4.57 Å². The fourth-order valence-electron chi connectivity index (χ4n) is 4.48. The number of pyridine rings is 1. The zero-order chi connectivity index (χ0) is 20.0. The lowest BCUT2D eigenvalue weighted by Crippen LogP contribution is -2.30. The molecule has 2 heterocycles. The van der Waals surface area contributed by atoms with Crippen molar-refractivity contribution in [1.29, 1.82) is 0 Å². The van der Waals surface area contributed by atoms with Crippen LogP contribution in [0.5, 0.6) is 0 Å². The van der Waals surface area contributed by atoms with Crippen LogP contribution in [0, 0.1) is 11.2 Å². The molecule has 5 rings (SSSR count). The van der Waals surface area contributed by atoms with Crippen molar-refractivity contribution in [2.75, 3.05) is 23.7 Å². The molecule has 9 heteroatoms. The van der Waals surface area contributed by atoms with Gasteiger partial charge in [-0.1, -0.05) is 11.6 Å². The predicted octanol–water partition coefficient (Wildman–Crippen LogP) is 2.34. The highest BCUT2D eigenvalue weighted by atomic mass is 35.5. The Balaban J connectivity index is 1.81. The average Bonchev–Trinajstić information content (AvgIpc) is 3.53. The van der Waals surface area contributed by atoms with Crippen molar-refractivity contribution in [3.05, 3.63) is 32.8 Å². The Kier molecular flexibility index (Phi) is 3.56. The van der Waals surface area contributed by atoms with Crippen LogP contribution in [-0.4, -0.2) is 34.8 Å². The van der Waals surface area contributed by atoms with Gasteiger partial charge in [-0.2, -0.15) is 0 Å². The van der Waals surface area contributed by atoms with Crippen LogP contribution in [0.15, 0.2) is 11.0 Å². The summed E-state index contributed by atoms with van der Waals surface area (Å²) in [5.41, 5.74) is 11.1. The summed E-state index contributed by atoms with van der Waals surface area (Å²) in [6.07, 6.45) is 4.97. The van der Waals surface area contributed by atoms with E-state index < -0.39 is 22.8 Å². The largest absolute Gasteiger partial charge is 0.477 e. The zero-order valence-electron chi connectivity index (χ0n) is 15.0. The van der Waals surface area contributed by atoms with Gasteiger partial charge >= 0.3 is 5.97 Å². The third-order valence-corrected chi connectivity index (χ3v) is 6.81. The lowest BCUT2D eigenvalue weighted by Gasteiger charge is -2.24. The molecule has 5 N–H and O–H groups in total. The molecular weight excluding hydrogens is 387 g/mol. The topological polar surface area (TPSA) is 115 Å². The van der Waals surface area contributed by atoms with Gasteiger partial charge in [0.05, 0.1) is 27.3 Å². The number of nitrogens with zero attached hydrogens (tertiary/aromatic N) is 2. The van der Waals surface area contributed by atoms with E-state index in [1.165, 1.54) is 6.20 Å². The molecule has 0 bridgehead atoms. The Hall–Kier alpha value is -2.32. The molecule has 28 heavy (non-hydrogen) atoms. The minimum absolute atomic E-state index is 0.00279. The van der Waals surface area contributed by atoms with Crippen LogP contribution in [0.1, 0.15) is 42.1 Å². The molecule has 1 unspecified atom stereocenters. The number of halogens is 2. The van der Waals surface area contributed by atoms with Gasteiger partial charge in [0.1, 0.15) is 5.56 Å². The summed E-state index contributed by atoms with van der Waals surface area (Å²) < 4.78 is 17.0. The number of fused-ring (bicyclic) bond motifs is 1. The highest BCUT2D eigenvalue weighted by Crippen LogP contribution is 2.54. The number of nitrogen functional groups attached to an aromatic ring is 1. The minimum atomic E-state index is -1.37. The Morgan fingerprint density at radius 3 is 2.57 bits per heavy atom. The van der Waals surface area contributed by atoms with Crippen LogP contribution in [0.2, 0.25) is 5.02 Å². The first-order chi connectivity index (χ1) is 13.2. The Morgan fingerprint density at radius 1 is 1.36 bits per heavy atom. The van der Waals surface area contributed by atoms with Crippen molar-refractivity contribution >= 4 is 39.8 Å². The summed E-state index contributed by atoms with van der Waals surface area (Å²) >= 11 is 6.66. The third-order valence-electron chi connectivity index (χ3n) is 6.45. The molecule has 0 radical (unpaired) electrons. The summed E-state index contributed by atoms with van der Waals surface area (Å²) in [7, 11) is 0. The summed E-state index contributed by atoms with van der Waals surface area (Å²) in [4.78, 5) is 26.1. The standard InChI is InChI=1S/C19H20ClFN4O3/c20-12-15-11(17(26)9(18(27)28)5-25(15)8-1-2-8)14(23)13(21)16(12)24-6-10(22)19(7-24)3-4-19/h5,8,10H,1-4,6-7,22-23H2,(H,27,28). The van der Waals surface area contributed by atoms with Gasteiger partial charge < -0.3 is 26.0 Å². The summed E-state index contributed by atoms with van der Waals surface area (Å²) in [6.45, 7) is 1.05. The fraction of sp³-hybridized carbons (Fsp3) is 0.474. The number of benzene rings is 1. The van der Waals surface area contributed by atoms with Crippen LogP contribution < -0.4 is 21.8 Å². The highest BCUT2D eigenvalue weighted by Gasteiger charge is 2.54. The smallest absolute Gasteiger partial charge is 0.341 e. The molecule has 1 spiro atoms. The maximum atomic E-state index is 15.3. The lowest BCUT2D eigenvalue weighted by molar-refractivity contribution is 0.0695. The van der Waals surface area contributed by atoms with Crippen molar-refractivity contribution in [3.8, 4) is 0 Å². The van der Waals surface area contributed by atoms with Crippen LogP contribution in [-0.2, 0) is 0 Å². The monoisotopic (exact) mass is 406 g/mol. The molecule has 3 aliphatic rings.